The lowest BCUT2D eigenvalue weighted by Crippen LogP contribution is -2.48. The first kappa shape index (κ1) is 26.9. The summed E-state index contributed by atoms with van der Waals surface area (Å²) in [7, 11) is 0. The van der Waals surface area contributed by atoms with Gasteiger partial charge in [-0.15, -0.1) is 0 Å². The molecule has 27 heavy (non-hydrogen) atoms. The monoisotopic (exact) mass is 384 g/mol. The molecule has 0 aromatic heterocycles. The van der Waals surface area contributed by atoms with E-state index in [1.165, 1.54) is 132 Å². The molecule has 0 atom stereocenters. The van der Waals surface area contributed by atoms with Gasteiger partial charge in [0, 0.05) is 0 Å². The molecule has 0 aromatic rings. The van der Waals surface area contributed by atoms with Crippen LogP contribution >= 0.6 is 0 Å². The minimum Gasteiger partial charge on any atom is -0.324 e. The Morgan fingerprint density at radius 3 is 0.667 bits per heavy atom. The second kappa shape index (κ2) is 16.8. The predicted molar refractivity (Wildman–Crippen MR) is 124 cm³/mol. The average molecular weight is 385 g/mol. The van der Waals surface area contributed by atoms with Crippen molar-refractivity contribution in [2.45, 2.75) is 112 Å². The van der Waals surface area contributed by atoms with Crippen LogP contribution in [0.1, 0.15) is 112 Å². The minimum atomic E-state index is 1.31. The maximum absolute atomic E-state index is 2.36. The molecule has 0 heterocycles. The fraction of sp³-hybridized carbons (Fsp3) is 1.00. The zero-order chi connectivity index (χ0) is 20.4. The molecule has 164 valence electrons. The van der Waals surface area contributed by atoms with Crippen LogP contribution in [0.15, 0.2) is 0 Å². The second-order valence-electron chi connectivity index (χ2n) is 8.92. The van der Waals surface area contributed by atoms with Crippen LogP contribution in [0.25, 0.3) is 0 Å². The van der Waals surface area contributed by atoms with Crippen LogP contribution in [0.4, 0.5) is 0 Å². The maximum atomic E-state index is 2.36. The van der Waals surface area contributed by atoms with Gasteiger partial charge in [0.25, 0.3) is 0 Å². The lowest BCUT2D eigenvalue weighted by Gasteiger charge is -2.35. The van der Waals surface area contributed by atoms with Crippen LogP contribution in [-0.4, -0.2) is 61.3 Å². The zero-order valence-electron chi connectivity index (χ0n) is 20.3. The van der Waals surface area contributed by atoms with E-state index in [0.717, 1.165) is 0 Å². The van der Waals surface area contributed by atoms with Crippen LogP contribution in [0.3, 0.4) is 0 Å². The number of rotatable bonds is 20. The SMILES string of the molecule is CC[N+](CC)(CC)CCCCCCCCCCCCC[N+](CC)(CC)CC. The first-order chi connectivity index (χ1) is 13.1. The molecule has 2 heteroatoms. The van der Waals surface area contributed by atoms with Gasteiger partial charge in [-0.3, -0.25) is 0 Å². The average Bonchev–Trinajstić information content (AvgIpc) is 2.72. The Labute approximate surface area is 173 Å². The number of hydrogen-bond donors (Lipinski definition) is 0. The molecule has 0 unspecified atom stereocenters. The van der Waals surface area contributed by atoms with Crippen molar-refractivity contribution < 1.29 is 8.97 Å². The van der Waals surface area contributed by atoms with Crippen molar-refractivity contribution in [3.8, 4) is 0 Å². The molecular weight excluding hydrogens is 328 g/mol. The molecule has 0 saturated carbocycles. The Bertz CT molecular complexity index is 259. The number of nitrogens with zero attached hydrogens (tertiary/aromatic N) is 2. The van der Waals surface area contributed by atoms with E-state index in [9.17, 15) is 0 Å². The van der Waals surface area contributed by atoms with E-state index < -0.39 is 0 Å². The Balaban J connectivity index is 3.46. The first-order valence-corrected chi connectivity index (χ1v) is 12.8. The zero-order valence-corrected chi connectivity index (χ0v) is 20.3. The summed E-state index contributed by atoms with van der Waals surface area (Å²) in [5.74, 6) is 0. The van der Waals surface area contributed by atoms with E-state index in [-0.39, 0.29) is 0 Å². The Hall–Kier alpha value is -0.0800. The normalized spacial score (nSPS) is 12.7. The lowest BCUT2D eigenvalue weighted by atomic mass is 10.0. The van der Waals surface area contributed by atoms with Crippen LogP contribution < -0.4 is 0 Å². The van der Waals surface area contributed by atoms with Crippen LogP contribution in [0.5, 0.6) is 0 Å². The summed E-state index contributed by atoms with van der Waals surface area (Å²) in [6, 6.07) is 0. The fourth-order valence-electron chi connectivity index (χ4n) is 4.78. The van der Waals surface area contributed by atoms with Gasteiger partial charge in [0.15, 0.2) is 0 Å². The molecule has 0 radical (unpaired) electrons. The van der Waals surface area contributed by atoms with Crippen molar-refractivity contribution in [3.05, 3.63) is 0 Å². The number of unbranched alkanes of at least 4 members (excludes halogenated alkanes) is 10. The summed E-state index contributed by atoms with van der Waals surface area (Å²) < 4.78 is 2.66. The molecular formula is C25H56N2+2. The summed E-state index contributed by atoms with van der Waals surface area (Å²) in [5, 5.41) is 0. The molecule has 0 N–H and O–H groups in total. The molecule has 0 amide bonds. The van der Waals surface area contributed by atoms with Gasteiger partial charge in [-0.2, -0.15) is 0 Å². The van der Waals surface area contributed by atoms with Crippen LogP contribution in [0, 0.1) is 0 Å². The molecule has 0 aromatic carbocycles. The third kappa shape index (κ3) is 11.5. The highest BCUT2D eigenvalue weighted by atomic mass is 15.3. The summed E-state index contributed by atoms with van der Waals surface area (Å²) in [5.41, 5.74) is 0. The summed E-state index contributed by atoms with van der Waals surface area (Å²) in [6.45, 7) is 24.8. The van der Waals surface area contributed by atoms with Crippen molar-refractivity contribution in [1.82, 2.24) is 0 Å². The van der Waals surface area contributed by atoms with Gasteiger partial charge >= 0.3 is 0 Å². The lowest BCUT2D eigenvalue weighted by molar-refractivity contribution is -0.923. The smallest absolute Gasteiger partial charge is 0.0786 e. The van der Waals surface area contributed by atoms with Gasteiger partial charge in [0.2, 0.25) is 0 Å². The van der Waals surface area contributed by atoms with Gasteiger partial charge < -0.3 is 8.97 Å². The summed E-state index contributed by atoms with van der Waals surface area (Å²) in [4.78, 5) is 0. The van der Waals surface area contributed by atoms with E-state index in [1.807, 2.05) is 0 Å². The number of quaternary nitrogens is 2. The second-order valence-corrected chi connectivity index (χ2v) is 8.92. The van der Waals surface area contributed by atoms with E-state index in [4.69, 9.17) is 0 Å². The van der Waals surface area contributed by atoms with Gasteiger partial charge in [-0.25, -0.2) is 0 Å². The molecule has 0 saturated heterocycles. The summed E-state index contributed by atoms with van der Waals surface area (Å²) >= 11 is 0. The predicted octanol–water partition coefficient (Wildman–Crippen LogP) is 7.03. The van der Waals surface area contributed by atoms with Gasteiger partial charge in [-0.05, 0) is 67.2 Å². The third-order valence-corrected chi connectivity index (χ3v) is 7.79. The molecule has 0 aliphatic heterocycles. The van der Waals surface area contributed by atoms with Gasteiger partial charge in [0.05, 0.1) is 52.4 Å². The molecule has 0 spiro atoms. The fourth-order valence-corrected chi connectivity index (χ4v) is 4.78. The molecule has 2 nitrogen and oxygen atoms in total. The van der Waals surface area contributed by atoms with Crippen molar-refractivity contribution in [2.75, 3.05) is 52.4 Å². The topological polar surface area (TPSA) is 0 Å². The largest absolute Gasteiger partial charge is 0.324 e. The molecule has 0 aliphatic rings. The Morgan fingerprint density at radius 2 is 0.481 bits per heavy atom. The van der Waals surface area contributed by atoms with Crippen molar-refractivity contribution in [2.24, 2.45) is 0 Å². The Kier molecular flexibility index (Phi) is 16.8. The third-order valence-electron chi connectivity index (χ3n) is 7.79. The van der Waals surface area contributed by atoms with E-state index in [1.54, 1.807) is 0 Å². The van der Waals surface area contributed by atoms with E-state index in [2.05, 4.69) is 41.5 Å². The van der Waals surface area contributed by atoms with Crippen molar-refractivity contribution in [3.63, 3.8) is 0 Å². The maximum Gasteiger partial charge on any atom is 0.0786 e. The van der Waals surface area contributed by atoms with Crippen LogP contribution in [-0.2, 0) is 0 Å². The molecule has 0 rings (SSSR count). The molecule has 0 fully saturated rings. The highest BCUT2D eigenvalue weighted by Crippen LogP contribution is 2.15. The first-order valence-electron chi connectivity index (χ1n) is 12.8. The highest BCUT2D eigenvalue weighted by Gasteiger charge is 2.20. The van der Waals surface area contributed by atoms with Crippen molar-refractivity contribution in [1.29, 1.82) is 0 Å². The molecule has 0 bridgehead atoms. The van der Waals surface area contributed by atoms with E-state index in [0.29, 0.717) is 0 Å². The highest BCUT2D eigenvalue weighted by molar-refractivity contribution is 4.50. The van der Waals surface area contributed by atoms with E-state index >= 15 is 0 Å². The van der Waals surface area contributed by atoms with Crippen molar-refractivity contribution >= 4 is 0 Å². The number of hydrogen-bond acceptors (Lipinski definition) is 0. The Morgan fingerprint density at radius 1 is 0.296 bits per heavy atom. The van der Waals surface area contributed by atoms with Gasteiger partial charge in [0.1, 0.15) is 0 Å². The van der Waals surface area contributed by atoms with Gasteiger partial charge in [-0.1, -0.05) is 44.9 Å². The standard InChI is InChI=1S/C25H56N2/c1-7-26(8-2,9-3)24-22-20-18-16-14-13-15-17-19-21-23-25-27(10-4,11-5)12-6/h7-25H2,1-6H3/q+2. The minimum absolute atomic E-state index is 1.31. The molecule has 0 aliphatic carbocycles. The van der Waals surface area contributed by atoms with Crippen LogP contribution in [0.2, 0.25) is 0 Å². The summed E-state index contributed by atoms with van der Waals surface area (Å²) in [6.07, 6.45) is 16.0. The quantitative estimate of drug-likeness (QED) is 0.156.